The van der Waals surface area contributed by atoms with E-state index in [0.29, 0.717) is 0 Å². The van der Waals surface area contributed by atoms with E-state index >= 15 is 0 Å². The second-order valence-electron chi connectivity index (χ2n) is 3.52. The van der Waals surface area contributed by atoms with Gasteiger partial charge < -0.3 is 10.4 Å². The summed E-state index contributed by atoms with van der Waals surface area (Å²) in [6.07, 6.45) is 6.26. The van der Waals surface area contributed by atoms with Crippen molar-refractivity contribution in [2.45, 2.75) is 24.2 Å². The van der Waals surface area contributed by atoms with Crippen molar-refractivity contribution in [3.05, 3.63) is 0 Å². The topological polar surface area (TPSA) is 32.3 Å². The van der Waals surface area contributed by atoms with Crippen LogP contribution in [-0.2, 0) is 0 Å². The third-order valence-corrected chi connectivity index (χ3v) is 5.02. The van der Waals surface area contributed by atoms with Gasteiger partial charge >= 0.3 is 0 Å². The Hall–Kier alpha value is 0.260. The monoisotopic (exact) mass is 218 g/mol. The molecule has 0 aromatic heterocycles. The van der Waals surface area contributed by atoms with Gasteiger partial charge in [-0.2, -0.15) is 0 Å². The van der Waals surface area contributed by atoms with Gasteiger partial charge in [-0.15, -0.1) is 8.20 Å². The Kier molecular flexibility index (Phi) is 4.06. The number of rotatable bonds is 3. The van der Waals surface area contributed by atoms with Crippen LogP contribution in [0.15, 0.2) is 0 Å². The smallest absolute Gasteiger partial charge is 0.260 e. The summed E-state index contributed by atoms with van der Waals surface area (Å²) in [5, 5.41) is 13.1. The van der Waals surface area contributed by atoms with Gasteiger partial charge in [-0.05, 0) is 26.1 Å². The predicted octanol–water partition coefficient (Wildman–Crippen LogP) is 1.35. The Morgan fingerprint density at radius 1 is 1.77 bits per heavy atom. The van der Waals surface area contributed by atoms with Crippen LogP contribution in [0.1, 0.15) is 12.8 Å². The summed E-state index contributed by atoms with van der Waals surface area (Å²) in [5.74, 6) is 1.99. The maximum Gasteiger partial charge on any atom is 0.260 e. The van der Waals surface area contributed by atoms with Gasteiger partial charge in [0.15, 0.2) is 0 Å². The Balaban J connectivity index is 2.82. The van der Waals surface area contributed by atoms with E-state index in [1.165, 1.54) is 6.42 Å². The SMILES string of the molecule is C=[P+](C)C(O)(C=PC)C1CCCN1. The van der Waals surface area contributed by atoms with Crippen molar-refractivity contribution >= 4 is 27.8 Å². The van der Waals surface area contributed by atoms with Crippen molar-refractivity contribution in [1.82, 2.24) is 5.32 Å². The fraction of sp³-hybridized carbons (Fsp3) is 0.778. The molecule has 2 N–H and O–H groups in total. The number of hydrogen-bond donors (Lipinski definition) is 2. The molecule has 0 saturated carbocycles. The molecule has 0 radical (unpaired) electrons. The van der Waals surface area contributed by atoms with E-state index in [0.717, 1.165) is 21.2 Å². The quantitative estimate of drug-likeness (QED) is 0.701. The summed E-state index contributed by atoms with van der Waals surface area (Å²) in [5.41, 5.74) is 0. The van der Waals surface area contributed by atoms with Crippen molar-refractivity contribution in [3.63, 3.8) is 0 Å². The normalized spacial score (nSPS) is 29.2. The zero-order valence-corrected chi connectivity index (χ0v) is 10.1. The van der Waals surface area contributed by atoms with Crippen molar-refractivity contribution in [1.29, 1.82) is 0 Å². The Labute approximate surface area is 82.9 Å². The average molecular weight is 218 g/mol. The van der Waals surface area contributed by atoms with E-state index in [1.54, 1.807) is 0 Å². The highest BCUT2D eigenvalue weighted by atomic mass is 31.1. The zero-order chi connectivity index (χ0) is 9.90. The van der Waals surface area contributed by atoms with Crippen LogP contribution in [-0.4, -0.2) is 48.5 Å². The number of aliphatic hydroxyl groups is 1. The fourth-order valence-electron chi connectivity index (χ4n) is 1.69. The maximum absolute atomic E-state index is 10.4. The molecule has 1 fully saturated rings. The molecule has 3 atom stereocenters. The summed E-state index contributed by atoms with van der Waals surface area (Å²) in [6.45, 7) is 5.11. The third-order valence-electron chi connectivity index (χ3n) is 2.50. The second-order valence-corrected chi connectivity index (χ2v) is 6.40. The molecule has 4 heteroatoms. The van der Waals surface area contributed by atoms with Crippen molar-refractivity contribution < 1.29 is 5.11 Å². The lowest BCUT2D eigenvalue weighted by Crippen LogP contribution is -2.45. The third kappa shape index (κ3) is 2.39. The minimum Gasteiger partial charge on any atom is -0.347 e. The first-order chi connectivity index (χ1) is 6.11. The molecule has 0 aromatic carbocycles. The lowest BCUT2D eigenvalue weighted by Gasteiger charge is -2.23. The standard InChI is InChI=1S/C9H18NOP2/c1-12-7-9(11,13(2)3)8-5-4-6-10-8/h7-8,10-11H,2,4-6H2,1,3H3/q+1. The molecule has 1 aliphatic rings. The van der Waals surface area contributed by atoms with Crippen LogP contribution in [0, 0.1) is 0 Å². The molecule has 2 nitrogen and oxygen atoms in total. The van der Waals surface area contributed by atoms with Crippen LogP contribution >= 0.6 is 15.7 Å². The molecule has 0 spiro atoms. The Morgan fingerprint density at radius 2 is 2.46 bits per heavy atom. The number of nitrogens with one attached hydrogen (secondary N) is 1. The fourth-order valence-corrected chi connectivity index (χ4v) is 4.14. The van der Waals surface area contributed by atoms with Gasteiger partial charge in [0, 0.05) is 5.80 Å². The Morgan fingerprint density at radius 3 is 2.85 bits per heavy atom. The first-order valence-corrected chi connectivity index (χ1v) is 7.93. The number of hydrogen-bond acceptors (Lipinski definition) is 2. The van der Waals surface area contributed by atoms with E-state index in [9.17, 15) is 5.11 Å². The van der Waals surface area contributed by atoms with Crippen LogP contribution in [0.25, 0.3) is 0 Å². The highest BCUT2D eigenvalue weighted by Crippen LogP contribution is 2.38. The van der Waals surface area contributed by atoms with Crippen molar-refractivity contribution in [2.75, 3.05) is 19.9 Å². The molecule has 0 aliphatic carbocycles. The summed E-state index contributed by atoms with van der Waals surface area (Å²) < 4.78 is 0. The van der Waals surface area contributed by atoms with Crippen LogP contribution < -0.4 is 5.32 Å². The first-order valence-electron chi connectivity index (χ1n) is 4.54. The van der Waals surface area contributed by atoms with Crippen molar-refractivity contribution in [2.24, 2.45) is 0 Å². The molecule has 1 rings (SSSR count). The minimum atomic E-state index is -0.665. The Bertz CT molecular complexity index is 224. The molecule has 0 aromatic rings. The summed E-state index contributed by atoms with van der Waals surface area (Å²) in [6, 6.07) is 0.230. The molecule has 1 aliphatic heterocycles. The van der Waals surface area contributed by atoms with Gasteiger partial charge in [-0.3, -0.25) is 0 Å². The van der Waals surface area contributed by atoms with Gasteiger partial charge in [-0.25, -0.2) is 0 Å². The molecule has 3 unspecified atom stereocenters. The first kappa shape index (κ1) is 11.3. The maximum atomic E-state index is 10.4. The molecular formula is C9H18NOP2+. The summed E-state index contributed by atoms with van der Waals surface area (Å²) >= 11 is 0. The average Bonchev–Trinajstić information content (AvgIpc) is 2.56. The van der Waals surface area contributed by atoms with Gasteiger partial charge in [0.05, 0.1) is 19.0 Å². The second kappa shape index (κ2) is 4.66. The van der Waals surface area contributed by atoms with Crippen molar-refractivity contribution in [3.8, 4) is 0 Å². The van der Waals surface area contributed by atoms with E-state index in [-0.39, 0.29) is 6.04 Å². The highest BCUT2D eigenvalue weighted by molar-refractivity contribution is 7.59. The molecular weight excluding hydrogens is 200 g/mol. The lowest BCUT2D eigenvalue weighted by atomic mass is 10.1. The van der Waals surface area contributed by atoms with E-state index in [2.05, 4.69) is 11.6 Å². The highest BCUT2D eigenvalue weighted by Gasteiger charge is 2.44. The predicted molar refractivity (Wildman–Crippen MR) is 64.8 cm³/mol. The minimum absolute atomic E-state index is 0.230. The lowest BCUT2D eigenvalue weighted by molar-refractivity contribution is 0.168. The largest absolute Gasteiger partial charge is 0.347 e. The molecule has 0 bridgehead atoms. The van der Waals surface area contributed by atoms with Gasteiger partial charge in [0.2, 0.25) is 0 Å². The summed E-state index contributed by atoms with van der Waals surface area (Å²) in [4.78, 5) is 0. The van der Waals surface area contributed by atoms with Crippen LogP contribution in [0.4, 0.5) is 0 Å². The molecule has 0 amide bonds. The van der Waals surface area contributed by atoms with Gasteiger partial charge in [-0.1, -0.05) is 0 Å². The molecule has 1 heterocycles. The zero-order valence-electron chi connectivity index (χ0n) is 8.32. The van der Waals surface area contributed by atoms with Gasteiger partial charge in [0.25, 0.3) is 5.34 Å². The van der Waals surface area contributed by atoms with E-state index < -0.39 is 12.9 Å². The molecule has 1 saturated heterocycles. The van der Waals surface area contributed by atoms with Crippen LogP contribution in [0.5, 0.6) is 0 Å². The van der Waals surface area contributed by atoms with Crippen LogP contribution in [0.3, 0.4) is 0 Å². The molecule has 13 heavy (non-hydrogen) atoms. The molecule has 74 valence electrons. The van der Waals surface area contributed by atoms with E-state index in [1.807, 2.05) is 19.1 Å². The van der Waals surface area contributed by atoms with Crippen LogP contribution in [0.2, 0.25) is 0 Å². The van der Waals surface area contributed by atoms with Gasteiger partial charge in [0.1, 0.15) is 7.55 Å². The van der Waals surface area contributed by atoms with E-state index in [4.69, 9.17) is 0 Å². The summed E-state index contributed by atoms with van der Waals surface area (Å²) in [7, 11) is 0.555.